The largest absolute Gasteiger partial charge is 0.416 e. The molecule has 1 amide bonds. The predicted octanol–water partition coefficient (Wildman–Crippen LogP) is 3.56. The van der Waals surface area contributed by atoms with Crippen molar-refractivity contribution in [2.45, 2.75) is 64.3 Å². The van der Waals surface area contributed by atoms with Crippen LogP contribution in [0, 0.1) is 11.3 Å². The van der Waals surface area contributed by atoms with Gasteiger partial charge in [-0.05, 0) is 45.2 Å². The van der Waals surface area contributed by atoms with Crippen molar-refractivity contribution in [2.24, 2.45) is 16.3 Å². The molecule has 1 aromatic rings. The maximum atomic E-state index is 13.8. The molecular formula is C25H35F3N4O3. The van der Waals surface area contributed by atoms with E-state index in [9.17, 15) is 23.1 Å². The lowest BCUT2D eigenvalue weighted by atomic mass is 9.70. The van der Waals surface area contributed by atoms with Gasteiger partial charge in [-0.2, -0.15) is 13.2 Å². The van der Waals surface area contributed by atoms with Crippen molar-refractivity contribution in [3.05, 3.63) is 23.9 Å². The van der Waals surface area contributed by atoms with E-state index in [-0.39, 0.29) is 23.7 Å². The Hall–Kier alpha value is -2.20. The second-order valence-electron chi connectivity index (χ2n) is 10.6. The Morgan fingerprint density at radius 2 is 1.97 bits per heavy atom. The highest BCUT2D eigenvalue weighted by atomic mass is 19.4. The summed E-state index contributed by atoms with van der Waals surface area (Å²) in [6.07, 6.45) is -0.690. The number of hydrogen-bond acceptors (Lipinski definition) is 6. The van der Waals surface area contributed by atoms with Gasteiger partial charge < -0.3 is 19.6 Å². The molecule has 3 heterocycles. The Labute approximate surface area is 204 Å². The summed E-state index contributed by atoms with van der Waals surface area (Å²) in [5.41, 5.74) is -1.77. The fourth-order valence-corrected chi connectivity index (χ4v) is 5.56. The second-order valence-corrected chi connectivity index (χ2v) is 10.6. The van der Waals surface area contributed by atoms with Crippen LogP contribution in [0.5, 0.6) is 0 Å². The first-order valence-electron chi connectivity index (χ1n) is 12.3. The van der Waals surface area contributed by atoms with Gasteiger partial charge in [-0.25, -0.2) is 4.98 Å². The number of carbonyl (C=O) groups excluding carboxylic acids is 1. The zero-order valence-electron chi connectivity index (χ0n) is 20.6. The SMILES string of the molecule is CC1COCCC1=N[C@@H]1CC[C@@](C(=O)N2CCN(c3cc(C(F)(F)F)ccn3)CC2)(C(C)(C)O)C1. The lowest BCUT2D eigenvalue weighted by Gasteiger charge is -2.45. The van der Waals surface area contributed by atoms with E-state index in [1.165, 1.54) is 6.20 Å². The monoisotopic (exact) mass is 496 g/mol. The maximum Gasteiger partial charge on any atom is 0.416 e. The molecular weight excluding hydrogens is 461 g/mol. The summed E-state index contributed by atoms with van der Waals surface area (Å²) in [6, 6.07) is 1.99. The van der Waals surface area contributed by atoms with Crippen LogP contribution in [0.25, 0.3) is 0 Å². The van der Waals surface area contributed by atoms with Crippen molar-refractivity contribution in [2.75, 3.05) is 44.3 Å². The van der Waals surface area contributed by atoms with Crippen LogP contribution in [-0.2, 0) is 15.7 Å². The molecule has 3 fully saturated rings. The number of ether oxygens (including phenoxy) is 1. The Morgan fingerprint density at radius 3 is 2.60 bits per heavy atom. The van der Waals surface area contributed by atoms with E-state index < -0.39 is 22.8 Å². The lowest BCUT2D eigenvalue weighted by molar-refractivity contribution is -0.158. The van der Waals surface area contributed by atoms with Gasteiger partial charge in [-0.3, -0.25) is 9.79 Å². The number of pyridine rings is 1. The Balaban J connectivity index is 1.45. The molecule has 1 N–H and O–H groups in total. The zero-order chi connectivity index (χ0) is 25.4. The summed E-state index contributed by atoms with van der Waals surface area (Å²) in [7, 11) is 0. The first-order chi connectivity index (χ1) is 16.4. The third-order valence-electron chi connectivity index (χ3n) is 7.82. The highest BCUT2D eigenvalue weighted by Gasteiger charge is 2.56. The summed E-state index contributed by atoms with van der Waals surface area (Å²) in [6.45, 7) is 8.30. The van der Waals surface area contributed by atoms with Gasteiger partial charge in [0.15, 0.2) is 0 Å². The van der Waals surface area contributed by atoms with Crippen LogP contribution in [0.3, 0.4) is 0 Å². The molecule has 0 spiro atoms. The normalized spacial score (nSPS) is 29.6. The number of amides is 1. The first-order valence-corrected chi connectivity index (χ1v) is 12.3. The van der Waals surface area contributed by atoms with Gasteiger partial charge in [0, 0.05) is 50.4 Å². The molecule has 0 radical (unpaired) electrons. The molecule has 10 heteroatoms. The zero-order valence-corrected chi connectivity index (χ0v) is 20.6. The highest BCUT2D eigenvalue weighted by Crippen LogP contribution is 2.49. The van der Waals surface area contributed by atoms with E-state index >= 15 is 0 Å². The van der Waals surface area contributed by atoms with E-state index in [1.807, 2.05) is 0 Å². The van der Waals surface area contributed by atoms with Gasteiger partial charge in [-0.1, -0.05) is 6.92 Å². The summed E-state index contributed by atoms with van der Waals surface area (Å²) in [5, 5.41) is 11.1. The Kier molecular flexibility index (Phi) is 7.16. The van der Waals surface area contributed by atoms with Gasteiger partial charge in [-0.15, -0.1) is 0 Å². The molecule has 35 heavy (non-hydrogen) atoms. The number of piperazine rings is 1. The van der Waals surface area contributed by atoms with Gasteiger partial charge in [0.05, 0.1) is 35.8 Å². The molecule has 0 aromatic carbocycles. The van der Waals surface area contributed by atoms with Gasteiger partial charge >= 0.3 is 6.18 Å². The molecule has 1 aromatic heterocycles. The van der Waals surface area contributed by atoms with Gasteiger partial charge in [0.1, 0.15) is 5.82 Å². The minimum Gasteiger partial charge on any atom is -0.389 e. The molecule has 2 saturated heterocycles. The standard InChI is InChI=1S/C25H35F3N4O3/c1-17-16-35-13-6-20(17)30-19-4-7-24(15-19,23(2,3)34)22(33)32-11-9-31(10-12-32)21-14-18(5-8-29-21)25(26,27)28/h5,8,14,17,19,34H,4,6-7,9-13,15-16H2,1-3H3/t17?,19-,24-/m1/s1. The number of hydrogen-bond donors (Lipinski definition) is 1. The van der Waals surface area contributed by atoms with E-state index in [4.69, 9.17) is 9.73 Å². The van der Waals surface area contributed by atoms with E-state index in [1.54, 1.807) is 23.6 Å². The van der Waals surface area contributed by atoms with Crippen molar-refractivity contribution >= 4 is 17.4 Å². The van der Waals surface area contributed by atoms with Crippen LogP contribution >= 0.6 is 0 Å². The molecule has 194 valence electrons. The molecule has 0 bridgehead atoms. The average molecular weight is 497 g/mol. The van der Waals surface area contributed by atoms with Crippen molar-refractivity contribution in [3.8, 4) is 0 Å². The smallest absolute Gasteiger partial charge is 0.389 e. The van der Waals surface area contributed by atoms with Crippen LogP contribution in [0.4, 0.5) is 19.0 Å². The number of halogens is 3. The second kappa shape index (κ2) is 9.69. The average Bonchev–Trinajstić information content (AvgIpc) is 3.25. The van der Waals surface area contributed by atoms with Crippen LogP contribution in [0.15, 0.2) is 23.3 Å². The molecule has 2 aliphatic heterocycles. The predicted molar refractivity (Wildman–Crippen MR) is 126 cm³/mol. The quantitative estimate of drug-likeness (QED) is 0.690. The fraction of sp³-hybridized carbons (Fsp3) is 0.720. The van der Waals surface area contributed by atoms with Gasteiger partial charge in [0.25, 0.3) is 0 Å². The highest BCUT2D eigenvalue weighted by molar-refractivity contribution is 5.88. The summed E-state index contributed by atoms with van der Waals surface area (Å²) < 4.78 is 44.8. The number of nitrogens with zero attached hydrogens (tertiary/aromatic N) is 4. The Bertz CT molecular complexity index is 954. The fourth-order valence-electron chi connectivity index (χ4n) is 5.56. The number of rotatable bonds is 4. The topological polar surface area (TPSA) is 78.3 Å². The molecule has 1 unspecified atom stereocenters. The van der Waals surface area contributed by atoms with Crippen molar-refractivity contribution < 1.29 is 27.8 Å². The number of aliphatic imine (C=N–C) groups is 1. The third-order valence-corrected chi connectivity index (χ3v) is 7.82. The number of anilines is 1. The van der Waals surface area contributed by atoms with Crippen molar-refractivity contribution in [3.63, 3.8) is 0 Å². The number of carbonyl (C=O) groups is 1. The summed E-state index contributed by atoms with van der Waals surface area (Å²) >= 11 is 0. The number of aliphatic hydroxyl groups is 1. The maximum absolute atomic E-state index is 13.8. The molecule has 1 aliphatic carbocycles. The summed E-state index contributed by atoms with van der Waals surface area (Å²) in [4.78, 5) is 26.4. The van der Waals surface area contributed by atoms with E-state index in [2.05, 4.69) is 11.9 Å². The van der Waals surface area contributed by atoms with Crippen LogP contribution < -0.4 is 4.90 Å². The van der Waals surface area contributed by atoms with Crippen LogP contribution in [0.1, 0.15) is 52.0 Å². The van der Waals surface area contributed by atoms with Gasteiger partial charge in [0.2, 0.25) is 5.91 Å². The molecule has 3 aliphatic rings. The molecule has 7 nitrogen and oxygen atoms in total. The van der Waals surface area contributed by atoms with Crippen molar-refractivity contribution in [1.82, 2.24) is 9.88 Å². The van der Waals surface area contributed by atoms with E-state index in [0.29, 0.717) is 52.2 Å². The molecule has 1 saturated carbocycles. The minimum atomic E-state index is -4.43. The first kappa shape index (κ1) is 25.9. The Morgan fingerprint density at radius 1 is 1.26 bits per heavy atom. The third kappa shape index (κ3) is 5.33. The molecule has 3 atom stereocenters. The summed E-state index contributed by atoms with van der Waals surface area (Å²) in [5.74, 6) is 0.421. The minimum absolute atomic E-state index is 0.0171. The number of aromatic nitrogens is 1. The lowest BCUT2D eigenvalue weighted by Crippen LogP contribution is -2.58. The molecule has 4 rings (SSSR count). The van der Waals surface area contributed by atoms with Crippen molar-refractivity contribution in [1.29, 1.82) is 0 Å². The van der Waals surface area contributed by atoms with Crippen LogP contribution in [0.2, 0.25) is 0 Å². The van der Waals surface area contributed by atoms with Crippen LogP contribution in [-0.4, -0.2) is 77.6 Å². The number of alkyl halides is 3. The van der Waals surface area contributed by atoms with E-state index in [0.717, 1.165) is 30.7 Å².